The molecule has 1 aromatic heterocycles. The first-order valence-electron chi connectivity index (χ1n) is 9.84. The maximum atomic E-state index is 13.5. The third-order valence-electron chi connectivity index (χ3n) is 4.50. The van der Waals surface area contributed by atoms with Gasteiger partial charge in [0.15, 0.2) is 0 Å². The number of halogens is 4. The lowest BCUT2D eigenvalue weighted by atomic mass is 10.2. The van der Waals surface area contributed by atoms with Crippen molar-refractivity contribution in [2.45, 2.75) is 19.5 Å². The van der Waals surface area contributed by atoms with E-state index in [9.17, 15) is 9.18 Å². The van der Waals surface area contributed by atoms with Crippen LogP contribution < -0.4 is 15.5 Å². The van der Waals surface area contributed by atoms with Crippen molar-refractivity contribution in [3.63, 3.8) is 0 Å². The van der Waals surface area contributed by atoms with E-state index < -0.39 is 11.8 Å². The van der Waals surface area contributed by atoms with E-state index in [4.69, 9.17) is 39.5 Å². The molecule has 2 aromatic carbocycles. The zero-order chi connectivity index (χ0) is 24.0. The van der Waals surface area contributed by atoms with Gasteiger partial charge in [-0.25, -0.2) is 19.1 Å². The fraction of sp³-hybridized carbons (Fsp3) is 0.227. The van der Waals surface area contributed by atoms with Crippen LogP contribution in [-0.2, 0) is 11.3 Å². The molecule has 2 amide bonds. The van der Waals surface area contributed by atoms with Gasteiger partial charge >= 0.3 is 6.03 Å². The number of methoxy groups -OCH3 is 1. The quantitative estimate of drug-likeness (QED) is 0.358. The lowest BCUT2D eigenvalue weighted by Crippen LogP contribution is -2.37. The Kier molecular flexibility index (Phi) is 8.68. The SMILES string of the molecule is COC[C@H](C)Nc1nccc(N(C(=O)NCc2ccc(Cl)c(Cl)c2Cl)c2ccc(F)cc2)n1. The average Bonchev–Trinajstić information content (AvgIpc) is 2.79. The largest absolute Gasteiger partial charge is 0.383 e. The van der Waals surface area contributed by atoms with Crippen LogP contribution in [0.25, 0.3) is 0 Å². The normalized spacial score (nSPS) is 11.7. The van der Waals surface area contributed by atoms with Crippen LogP contribution >= 0.6 is 34.8 Å². The molecule has 0 radical (unpaired) electrons. The van der Waals surface area contributed by atoms with Gasteiger partial charge in [0.05, 0.1) is 27.4 Å². The highest BCUT2D eigenvalue weighted by Crippen LogP contribution is 2.33. The molecule has 2 N–H and O–H groups in total. The first-order valence-corrected chi connectivity index (χ1v) is 11.0. The van der Waals surface area contributed by atoms with Crippen molar-refractivity contribution in [3.05, 3.63) is 75.1 Å². The Bertz CT molecular complexity index is 1120. The predicted octanol–water partition coefficient (Wildman–Crippen LogP) is 6.07. The zero-order valence-corrected chi connectivity index (χ0v) is 20.0. The number of benzene rings is 2. The summed E-state index contributed by atoms with van der Waals surface area (Å²) in [6.07, 6.45) is 1.52. The van der Waals surface area contributed by atoms with Gasteiger partial charge in [-0.15, -0.1) is 0 Å². The minimum atomic E-state index is -0.515. The van der Waals surface area contributed by atoms with Crippen LogP contribution in [0.4, 0.5) is 26.6 Å². The smallest absolute Gasteiger partial charge is 0.327 e. The summed E-state index contributed by atoms with van der Waals surface area (Å²) >= 11 is 18.3. The fourth-order valence-electron chi connectivity index (χ4n) is 2.95. The zero-order valence-electron chi connectivity index (χ0n) is 17.8. The topological polar surface area (TPSA) is 79.4 Å². The van der Waals surface area contributed by atoms with Crippen LogP contribution in [0, 0.1) is 5.82 Å². The molecule has 33 heavy (non-hydrogen) atoms. The second-order valence-corrected chi connectivity index (χ2v) is 8.21. The third-order valence-corrected chi connectivity index (χ3v) is 5.83. The molecule has 0 spiro atoms. The van der Waals surface area contributed by atoms with E-state index in [1.54, 1.807) is 25.3 Å². The molecule has 11 heteroatoms. The molecular formula is C22H21Cl3FN5O2. The molecule has 1 atom stereocenters. The van der Waals surface area contributed by atoms with E-state index in [2.05, 4.69) is 20.6 Å². The standard InChI is InChI=1S/C22H21Cl3FN5O2/c1-13(12-33-2)29-21-27-10-9-18(30-21)31(16-6-4-15(26)5-7-16)22(32)28-11-14-3-8-17(23)20(25)19(14)24/h3-10,13H,11-12H2,1-2H3,(H,28,32)(H,27,29,30)/t13-/m0/s1. The summed E-state index contributed by atoms with van der Waals surface area (Å²) < 4.78 is 18.6. The van der Waals surface area contributed by atoms with Crippen LogP contribution in [0.5, 0.6) is 0 Å². The molecule has 0 saturated heterocycles. The summed E-state index contributed by atoms with van der Waals surface area (Å²) in [7, 11) is 1.59. The Labute approximate surface area is 205 Å². The number of nitrogens with zero attached hydrogens (tertiary/aromatic N) is 3. The van der Waals surface area contributed by atoms with E-state index in [1.165, 1.54) is 35.4 Å². The molecule has 174 valence electrons. The van der Waals surface area contributed by atoms with E-state index in [1.807, 2.05) is 6.92 Å². The Hall–Kier alpha value is -2.65. The van der Waals surface area contributed by atoms with Crippen LogP contribution in [0.3, 0.4) is 0 Å². The van der Waals surface area contributed by atoms with Crippen molar-refractivity contribution in [3.8, 4) is 0 Å². The lowest BCUT2D eigenvalue weighted by Gasteiger charge is -2.23. The van der Waals surface area contributed by atoms with E-state index in [0.717, 1.165) is 0 Å². The number of ether oxygens (including phenoxy) is 1. The van der Waals surface area contributed by atoms with Crippen molar-refractivity contribution in [1.82, 2.24) is 15.3 Å². The number of hydrogen-bond donors (Lipinski definition) is 2. The summed E-state index contributed by atoms with van der Waals surface area (Å²) in [4.78, 5) is 23.2. The number of aromatic nitrogens is 2. The van der Waals surface area contributed by atoms with Gasteiger partial charge in [-0.2, -0.15) is 4.98 Å². The van der Waals surface area contributed by atoms with Gasteiger partial charge in [0, 0.05) is 32.0 Å². The van der Waals surface area contributed by atoms with Crippen LogP contribution in [0.2, 0.25) is 15.1 Å². The molecule has 0 unspecified atom stereocenters. The molecule has 3 rings (SSSR count). The van der Waals surface area contributed by atoms with Crippen molar-refractivity contribution < 1.29 is 13.9 Å². The van der Waals surface area contributed by atoms with Crippen molar-refractivity contribution >= 4 is 58.3 Å². The highest BCUT2D eigenvalue weighted by molar-refractivity contribution is 6.48. The molecule has 0 bridgehead atoms. The van der Waals surface area contributed by atoms with Gasteiger partial charge < -0.3 is 15.4 Å². The summed E-state index contributed by atoms with van der Waals surface area (Å²) in [5.74, 6) is 0.158. The van der Waals surface area contributed by atoms with Crippen LogP contribution in [0.1, 0.15) is 12.5 Å². The minimum Gasteiger partial charge on any atom is -0.383 e. The average molecular weight is 513 g/mol. The van der Waals surface area contributed by atoms with E-state index >= 15 is 0 Å². The number of carbonyl (C=O) groups excluding carboxylic acids is 1. The number of amides is 2. The molecule has 7 nitrogen and oxygen atoms in total. The van der Waals surface area contributed by atoms with Gasteiger partial charge in [-0.1, -0.05) is 40.9 Å². The van der Waals surface area contributed by atoms with E-state index in [-0.39, 0.29) is 28.4 Å². The first-order chi connectivity index (χ1) is 15.8. The highest BCUT2D eigenvalue weighted by Gasteiger charge is 2.21. The van der Waals surface area contributed by atoms with Gasteiger partial charge in [0.1, 0.15) is 11.6 Å². The number of urea groups is 1. The molecule has 1 heterocycles. The predicted molar refractivity (Wildman–Crippen MR) is 129 cm³/mol. The van der Waals surface area contributed by atoms with Crippen molar-refractivity contribution in [2.24, 2.45) is 0 Å². The van der Waals surface area contributed by atoms with E-state index in [0.29, 0.717) is 28.8 Å². The summed E-state index contributed by atoms with van der Waals surface area (Å²) in [6, 6.07) is 9.73. The van der Waals surface area contributed by atoms with Gasteiger partial charge in [-0.3, -0.25) is 0 Å². The molecule has 0 aliphatic carbocycles. The lowest BCUT2D eigenvalue weighted by molar-refractivity contribution is 0.190. The van der Waals surface area contributed by atoms with Gasteiger partial charge in [-0.05, 0) is 42.8 Å². The van der Waals surface area contributed by atoms with Crippen LogP contribution in [-0.4, -0.2) is 35.8 Å². The Morgan fingerprint density at radius 1 is 1.12 bits per heavy atom. The molecule has 0 saturated carbocycles. The van der Waals surface area contributed by atoms with Crippen molar-refractivity contribution in [1.29, 1.82) is 0 Å². The van der Waals surface area contributed by atoms with Gasteiger partial charge in [0.25, 0.3) is 0 Å². The maximum absolute atomic E-state index is 13.5. The molecule has 0 fully saturated rings. The Balaban J connectivity index is 1.88. The molecule has 0 aliphatic heterocycles. The number of carbonyl (C=O) groups is 1. The third kappa shape index (κ3) is 6.45. The van der Waals surface area contributed by atoms with Crippen LogP contribution in [0.15, 0.2) is 48.7 Å². The molecule has 3 aromatic rings. The summed E-state index contributed by atoms with van der Waals surface area (Å²) in [5, 5.41) is 6.66. The summed E-state index contributed by atoms with van der Waals surface area (Å²) in [6.45, 7) is 2.43. The van der Waals surface area contributed by atoms with Crippen molar-refractivity contribution in [2.75, 3.05) is 23.9 Å². The first kappa shape index (κ1) is 25.0. The number of hydrogen-bond acceptors (Lipinski definition) is 5. The highest BCUT2D eigenvalue weighted by atomic mass is 35.5. The monoisotopic (exact) mass is 511 g/mol. The number of rotatable bonds is 8. The Morgan fingerprint density at radius 2 is 1.85 bits per heavy atom. The minimum absolute atomic E-state index is 0.0601. The fourth-order valence-corrected chi connectivity index (χ4v) is 3.57. The Morgan fingerprint density at radius 3 is 2.55 bits per heavy atom. The molecular weight excluding hydrogens is 492 g/mol. The number of anilines is 3. The second kappa shape index (κ2) is 11.5. The molecule has 0 aliphatic rings. The van der Waals surface area contributed by atoms with Gasteiger partial charge in [0.2, 0.25) is 5.95 Å². The second-order valence-electron chi connectivity index (χ2n) is 7.04. The number of nitrogens with one attached hydrogen (secondary N) is 2. The maximum Gasteiger partial charge on any atom is 0.327 e. The summed E-state index contributed by atoms with van der Waals surface area (Å²) in [5.41, 5.74) is 0.987.